The second kappa shape index (κ2) is 5.55. The van der Waals surface area contributed by atoms with Crippen LogP contribution < -0.4 is 5.32 Å². The van der Waals surface area contributed by atoms with E-state index in [1.165, 1.54) is 6.92 Å². The summed E-state index contributed by atoms with van der Waals surface area (Å²) in [4.78, 5) is 25.5. The van der Waals surface area contributed by atoms with Gasteiger partial charge in [-0.15, -0.1) is 0 Å². The molecule has 0 saturated heterocycles. The van der Waals surface area contributed by atoms with Gasteiger partial charge >= 0.3 is 0 Å². The molecular weight excluding hydrogens is 228 g/mol. The lowest BCUT2D eigenvalue weighted by molar-refractivity contribution is -0.129. The standard InChI is InChI=1S/C14H22N2O2/c1-3-4-9-16-13(15-10(2)17)11-7-5-6-8-12(11)14(16)18/h13H,3-9H2,1-2H3,(H,15,17)/t13-/m1/s1. The molecule has 0 unspecified atom stereocenters. The minimum Gasteiger partial charge on any atom is -0.332 e. The van der Waals surface area contributed by atoms with Crippen LogP contribution in [0.1, 0.15) is 52.4 Å². The Morgan fingerprint density at radius 3 is 2.78 bits per heavy atom. The fourth-order valence-electron chi connectivity index (χ4n) is 2.87. The van der Waals surface area contributed by atoms with Crippen LogP contribution in [0.5, 0.6) is 0 Å². The van der Waals surface area contributed by atoms with Crippen LogP contribution in [0.4, 0.5) is 0 Å². The summed E-state index contributed by atoms with van der Waals surface area (Å²) in [5, 5.41) is 2.94. The van der Waals surface area contributed by atoms with Gasteiger partial charge in [0.1, 0.15) is 6.17 Å². The van der Waals surface area contributed by atoms with E-state index in [0.717, 1.165) is 56.2 Å². The van der Waals surface area contributed by atoms with Crippen molar-refractivity contribution < 1.29 is 9.59 Å². The van der Waals surface area contributed by atoms with Gasteiger partial charge in [-0.1, -0.05) is 13.3 Å². The van der Waals surface area contributed by atoms with Gasteiger partial charge in [0.2, 0.25) is 5.91 Å². The third-order valence-electron chi connectivity index (χ3n) is 3.76. The molecule has 0 bridgehead atoms. The molecule has 0 saturated carbocycles. The fraction of sp³-hybridized carbons (Fsp3) is 0.714. The predicted molar refractivity (Wildman–Crippen MR) is 69.7 cm³/mol. The number of rotatable bonds is 4. The Morgan fingerprint density at radius 1 is 1.39 bits per heavy atom. The molecule has 1 N–H and O–H groups in total. The maximum atomic E-state index is 12.4. The molecule has 100 valence electrons. The van der Waals surface area contributed by atoms with E-state index in [-0.39, 0.29) is 18.0 Å². The van der Waals surface area contributed by atoms with Crippen molar-refractivity contribution in [2.45, 2.75) is 58.5 Å². The number of nitrogens with one attached hydrogen (secondary N) is 1. The minimum atomic E-state index is -0.170. The average molecular weight is 250 g/mol. The molecular formula is C14H22N2O2. The fourth-order valence-corrected chi connectivity index (χ4v) is 2.87. The number of carbonyl (C=O) groups is 2. The first kappa shape index (κ1) is 13.1. The zero-order chi connectivity index (χ0) is 13.1. The molecule has 0 aromatic rings. The van der Waals surface area contributed by atoms with Crippen LogP contribution in [0.15, 0.2) is 11.1 Å². The van der Waals surface area contributed by atoms with Crippen molar-refractivity contribution >= 4 is 11.8 Å². The van der Waals surface area contributed by atoms with Crippen LogP contribution in [0, 0.1) is 0 Å². The molecule has 0 radical (unpaired) electrons. The van der Waals surface area contributed by atoms with Crippen LogP contribution in [0.3, 0.4) is 0 Å². The number of nitrogens with zero attached hydrogens (tertiary/aromatic N) is 1. The molecule has 4 heteroatoms. The summed E-state index contributed by atoms with van der Waals surface area (Å²) in [7, 11) is 0. The van der Waals surface area contributed by atoms with Gasteiger partial charge in [-0.2, -0.15) is 0 Å². The Balaban J connectivity index is 2.20. The van der Waals surface area contributed by atoms with Crippen LogP contribution >= 0.6 is 0 Å². The van der Waals surface area contributed by atoms with Gasteiger partial charge in [0.05, 0.1) is 0 Å². The van der Waals surface area contributed by atoms with Gasteiger partial charge in [-0.05, 0) is 37.7 Å². The van der Waals surface area contributed by atoms with Gasteiger partial charge < -0.3 is 10.2 Å². The average Bonchev–Trinajstić information content (AvgIpc) is 2.61. The highest BCUT2D eigenvalue weighted by molar-refractivity contribution is 5.98. The van der Waals surface area contributed by atoms with Gasteiger partial charge in [0.15, 0.2) is 0 Å². The zero-order valence-corrected chi connectivity index (χ0v) is 11.3. The molecule has 1 aliphatic carbocycles. The zero-order valence-electron chi connectivity index (χ0n) is 11.3. The van der Waals surface area contributed by atoms with Crippen molar-refractivity contribution in [2.75, 3.05) is 6.54 Å². The largest absolute Gasteiger partial charge is 0.332 e. The molecule has 0 spiro atoms. The summed E-state index contributed by atoms with van der Waals surface area (Å²) in [6.07, 6.45) is 5.94. The Labute approximate surface area is 108 Å². The van der Waals surface area contributed by atoms with E-state index in [9.17, 15) is 9.59 Å². The Morgan fingerprint density at radius 2 is 2.11 bits per heavy atom. The topological polar surface area (TPSA) is 49.4 Å². The lowest BCUT2D eigenvalue weighted by Crippen LogP contribution is -2.47. The number of hydrogen-bond acceptors (Lipinski definition) is 2. The second-order valence-electron chi connectivity index (χ2n) is 5.17. The first-order valence-electron chi connectivity index (χ1n) is 6.95. The second-order valence-corrected chi connectivity index (χ2v) is 5.17. The molecule has 1 heterocycles. The Kier molecular flexibility index (Phi) is 4.04. The number of unbranched alkanes of at least 4 members (excludes halogenated alkanes) is 1. The third-order valence-corrected chi connectivity index (χ3v) is 3.76. The first-order chi connectivity index (χ1) is 8.65. The molecule has 0 aromatic carbocycles. The van der Waals surface area contributed by atoms with Crippen LogP contribution in [-0.2, 0) is 9.59 Å². The molecule has 2 amide bonds. The molecule has 4 nitrogen and oxygen atoms in total. The van der Waals surface area contributed by atoms with Crippen molar-refractivity contribution in [2.24, 2.45) is 0 Å². The van der Waals surface area contributed by atoms with Crippen molar-refractivity contribution in [3.63, 3.8) is 0 Å². The SMILES string of the molecule is CCCCN1C(=O)C2=C(CCCC2)[C@@H]1NC(C)=O. The van der Waals surface area contributed by atoms with Crippen LogP contribution in [-0.4, -0.2) is 29.4 Å². The molecule has 18 heavy (non-hydrogen) atoms. The van der Waals surface area contributed by atoms with Crippen molar-refractivity contribution in [3.05, 3.63) is 11.1 Å². The van der Waals surface area contributed by atoms with Crippen LogP contribution in [0.25, 0.3) is 0 Å². The van der Waals surface area contributed by atoms with E-state index in [2.05, 4.69) is 12.2 Å². The van der Waals surface area contributed by atoms with Crippen LogP contribution in [0.2, 0.25) is 0 Å². The van der Waals surface area contributed by atoms with E-state index < -0.39 is 0 Å². The van der Waals surface area contributed by atoms with Gasteiger partial charge in [0, 0.05) is 19.0 Å². The van der Waals surface area contributed by atoms with Crippen molar-refractivity contribution in [1.29, 1.82) is 0 Å². The smallest absolute Gasteiger partial charge is 0.251 e. The monoisotopic (exact) mass is 250 g/mol. The first-order valence-corrected chi connectivity index (χ1v) is 6.95. The van der Waals surface area contributed by atoms with E-state index in [1.807, 2.05) is 4.90 Å². The number of carbonyl (C=O) groups excluding carboxylic acids is 2. The molecule has 2 rings (SSSR count). The highest BCUT2D eigenvalue weighted by Crippen LogP contribution is 2.35. The highest BCUT2D eigenvalue weighted by Gasteiger charge is 2.39. The van der Waals surface area contributed by atoms with Gasteiger partial charge in [-0.25, -0.2) is 0 Å². The lowest BCUT2D eigenvalue weighted by Gasteiger charge is -2.27. The van der Waals surface area contributed by atoms with Crippen molar-refractivity contribution in [1.82, 2.24) is 10.2 Å². The molecule has 2 aliphatic rings. The lowest BCUT2D eigenvalue weighted by atomic mass is 9.92. The van der Waals surface area contributed by atoms with E-state index in [0.29, 0.717) is 0 Å². The summed E-state index contributed by atoms with van der Waals surface area (Å²) in [6, 6.07) is 0. The molecule has 0 aromatic heterocycles. The highest BCUT2D eigenvalue weighted by atomic mass is 16.2. The summed E-state index contributed by atoms with van der Waals surface area (Å²) >= 11 is 0. The summed E-state index contributed by atoms with van der Waals surface area (Å²) < 4.78 is 0. The number of hydrogen-bond donors (Lipinski definition) is 1. The van der Waals surface area contributed by atoms with Crippen molar-refractivity contribution in [3.8, 4) is 0 Å². The van der Waals surface area contributed by atoms with E-state index in [1.54, 1.807) is 0 Å². The van der Waals surface area contributed by atoms with E-state index in [4.69, 9.17) is 0 Å². The maximum absolute atomic E-state index is 12.4. The third kappa shape index (κ3) is 2.42. The summed E-state index contributed by atoms with van der Waals surface area (Å²) in [5.74, 6) is 0.0884. The van der Waals surface area contributed by atoms with Gasteiger partial charge in [-0.3, -0.25) is 9.59 Å². The Hall–Kier alpha value is -1.32. The maximum Gasteiger partial charge on any atom is 0.251 e. The molecule has 1 aliphatic heterocycles. The predicted octanol–water partition coefficient (Wildman–Crippen LogP) is 1.96. The molecule has 1 atom stereocenters. The minimum absolute atomic E-state index is 0.0615. The molecule has 0 fully saturated rings. The van der Waals surface area contributed by atoms with E-state index >= 15 is 0 Å². The quantitative estimate of drug-likeness (QED) is 0.829. The summed E-state index contributed by atoms with van der Waals surface area (Å²) in [6.45, 7) is 4.37. The summed E-state index contributed by atoms with van der Waals surface area (Å²) in [5.41, 5.74) is 2.13. The Bertz CT molecular complexity index is 387. The normalized spacial score (nSPS) is 23.3. The van der Waals surface area contributed by atoms with Gasteiger partial charge in [0.25, 0.3) is 5.91 Å². The number of amides is 2.